The summed E-state index contributed by atoms with van der Waals surface area (Å²) in [6.45, 7) is 11.0. The normalized spacial score (nSPS) is 50.0. The predicted octanol–water partition coefficient (Wildman–Crippen LogP) is 2.29. The summed E-state index contributed by atoms with van der Waals surface area (Å²) in [5.74, 6) is 4.74. The smallest absolute Gasteiger partial charge is 0.0573 e. The fourth-order valence-electron chi connectivity index (χ4n) is 6.10. The Morgan fingerprint density at radius 2 is 1.86 bits per heavy atom. The topological polar surface area (TPSA) is 27.3 Å². The first kappa shape index (κ1) is 14.5. The van der Waals surface area contributed by atoms with Crippen molar-refractivity contribution < 1.29 is 0 Å². The van der Waals surface area contributed by atoms with Gasteiger partial charge in [0.05, 0.1) is 6.17 Å². The molecule has 0 aromatic rings. The maximum Gasteiger partial charge on any atom is 0.0573 e. The maximum atomic E-state index is 3.92. The van der Waals surface area contributed by atoms with E-state index in [0.29, 0.717) is 6.17 Å². The molecule has 0 aromatic carbocycles. The monoisotopic (exact) mass is 291 g/mol. The zero-order valence-corrected chi connectivity index (χ0v) is 14.0. The number of nitrogens with zero attached hydrogens (tertiary/aromatic N) is 1. The Labute approximate surface area is 130 Å². The van der Waals surface area contributed by atoms with Gasteiger partial charge in [-0.2, -0.15) is 0 Å². The Balaban J connectivity index is 1.50. The minimum Gasteiger partial charge on any atom is -0.316 e. The first-order chi connectivity index (χ1) is 10.1. The number of hydrogen-bond donors (Lipinski definition) is 2. The van der Waals surface area contributed by atoms with Crippen LogP contribution >= 0.6 is 0 Å². The molecule has 0 aromatic heterocycles. The van der Waals surface area contributed by atoms with E-state index in [1.807, 2.05) is 0 Å². The standard InChI is InChI=1S/C18H33N3/c1-11(2)10-21-12(3)20-17-7-16-14(6-18(17)21)4-13-5-15(16)9-19-8-13/h11-20H,4-10H2,1-3H3. The summed E-state index contributed by atoms with van der Waals surface area (Å²) in [7, 11) is 0. The molecule has 21 heavy (non-hydrogen) atoms. The van der Waals surface area contributed by atoms with Crippen LogP contribution in [-0.2, 0) is 0 Å². The molecule has 4 fully saturated rings. The molecule has 2 heterocycles. The highest BCUT2D eigenvalue weighted by atomic mass is 15.4. The number of rotatable bonds is 2. The lowest BCUT2D eigenvalue weighted by Gasteiger charge is -2.51. The van der Waals surface area contributed by atoms with Gasteiger partial charge in [-0.05, 0) is 75.3 Å². The minimum absolute atomic E-state index is 0.583. The Kier molecular flexibility index (Phi) is 3.79. The van der Waals surface area contributed by atoms with E-state index in [0.717, 1.165) is 41.7 Å². The molecule has 7 unspecified atom stereocenters. The van der Waals surface area contributed by atoms with Crippen LogP contribution in [0.25, 0.3) is 0 Å². The van der Waals surface area contributed by atoms with Gasteiger partial charge in [0.1, 0.15) is 0 Å². The first-order valence-electron chi connectivity index (χ1n) is 9.34. The zero-order chi connectivity index (χ0) is 14.6. The largest absolute Gasteiger partial charge is 0.316 e. The average Bonchev–Trinajstić information content (AvgIpc) is 2.73. The average molecular weight is 291 g/mol. The molecule has 7 atom stereocenters. The molecule has 2 aliphatic heterocycles. The molecule has 2 saturated carbocycles. The first-order valence-corrected chi connectivity index (χ1v) is 9.34. The summed E-state index contributed by atoms with van der Waals surface area (Å²) in [5.41, 5.74) is 0. The number of piperidine rings is 1. The van der Waals surface area contributed by atoms with Gasteiger partial charge in [-0.25, -0.2) is 0 Å². The fraction of sp³-hybridized carbons (Fsp3) is 1.00. The van der Waals surface area contributed by atoms with Gasteiger partial charge in [-0.15, -0.1) is 0 Å². The van der Waals surface area contributed by atoms with Crippen LogP contribution in [-0.4, -0.2) is 42.8 Å². The molecule has 4 rings (SSSR count). The van der Waals surface area contributed by atoms with Crippen LogP contribution < -0.4 is 10.6 Å². The molecule has 4 aliphatic rings. The van der Waals surface area contributed by atoms with E-state index < -0.39 is 0 Å². The van der Waals surface area contributed by atoms with Crippen LogP contribution in [0.4, 0.5) is 0 Å². The van der Waals surface area contributed by atoms with Gasteiger partial charge in [0.15, 0.2) is 0 Å². The molecule has 2 N–H and O–H groups in total. The molecule has 0 spiro atoms. The molecule has 0 radical (unpaired) electrons. The zero-order valence-electron chi connectivity index (χ0n) is 14.0. The Bertz CT molecular complexity index is 383. The van der Waals surface area contributed by atoms with Gasteiger partial charge < -0.3 is 5.32 Å². The molecule has 3 nitrogen and oxygen atoms in total. The van der Waals surface area contributed by atoms with E-state index in [2.05, 4.69) is 36.3 Å². The minimum atomic E-state index is 0.583. The third-order valence-corrected chi connectivity index (χ3v) is 6.81. The van der Waals surface area contributed by atoms with Crippen LogP contribution in [0.1, 0.15) is 46.5 Å². The van der Waals surface area contributed by atoms with Crippen LogP contribution in [0.3, 0.4) is 0 Å². The van der Waals surface area contributed by atoms with Crippen molar-refractivity contribution in [3.05, 3.63) is 0 Å². The van der Waals surface area contributed by atoms with E-state index in [9.17, 15) is 0 Å². The highest BCUT2D eigenvalue weighted by molar-refractivity contribution is 5.05. The molecule has 2 bridgehead atoms. The third kappa shape index (κ3) is 2.55. The van der Waals surface area contributed by atoms with E-state index in [4.69, 9.17) is 0 Å². The number of fused-ring (bicyclic) bond motifs is 5. The predicted molar refractivity (Wildman–Crippen MR) is 87.0 cm³/mol. The highest BCUT2D eigenvalue weighted by Crippen LogP contribution is 2.49. The van der Waals surface area contributed by atoms with Crippen molar-refractivity contribution in [2.75, 3.05) is 19.6 Å². The van der Waals surface area contributed by atoms with Gasteiger partial charge in [0, 0.05) is 18.6 Å². The van der Waals surface area contributed by atoms with E-state index in [1.165, 1.54) is 45.3 Å². The molecule has 2 saturated heterocycles. The van der Waals surface area contributed by atoms with Crippen LogP contribution in [0.15, 0.2) is 0 Å². The molecular weight excluding hydrogens is 258 g/mol. The van der Waals surface area contributed by atoms with Crippen molar-refractivity contribution in [2.24, 2.45) is 29.6 Å². The molecule has 0 amide bonds. The molecule has 120 valence electrons. The Hall–Kier alpha value is -0.120. The Morgan fingerprint density at radius 1 is 1.05 bits per heavy atom. The second kappa shape index (κ2) is 5.50. The van der Waals surface area contributed by atoms with Crippen molar-refractivity contribution >= 4 is 0 Å². The van der Waals surface area contributed by atoms with E-state index >= 15 is 0 Å². The lowest BCUT2D eigenvalue weighted by molar-refractivity contribution is 0.0108. The van der Waals surface area contributed by atoms with Crippen LogP contribution in [0.2, 0.25) is 0 Å². The van der Waals surface area contributed by atoms with Crippen molar-refractivity contribution in [1.29, 1.82) is 0 Å². The van der Waals surface area contributed by atoms with Gasteiger partial charge in [-0.1, -0.05) is 13.8 Å². The van der Waals surface area contributed by atoms with Gasteiger partial charge in [0.25, 0.3) is 0 Å². The van der Waals surface area contributed by atoms with Crippen molar-refractivity contribution in [1.82, 2.24) is 15.5 Å². The fourth-order valence-corrected chi connectivity index (χ4v) is 6.10. The molecular formula is C18H33N3. The SMILES string of the molecule is CC(C)CN1C(C)NC2CC3C4CNCC(C4)CC3CC21. The summed E-state index contributed by atoms with van der Waals surface area (Å²) in [4.78, 5) is 2.79. The van der Waals surface area contributed by atoms with Crippen LogP contribution in [0.5, 0.6) is 0 Å². The quantitative estimate of drug-likeness (QED) is 0.817. The van der Waals surface area contributed by atoms with E-state index in [1.54, 1.807) is 0 Å². The number of nitrogens with one attached hydrogen (secondary N) is 2. The lowest BCUT2D eigenvalue weighted by atomic mass is 9.59. The second-order valence-corrected chi connectivity index (χ2v) is 8.76. The van der Waals surface area contributed by atoms with Crippen LogP contribution in [0, 0.1) is 29.6 Å². The van der Waals surface area contributed by atoms with Crippen molar-refractivity contribution in [3.8, 4) is 0 Å². The summed E-state index contributed by atoms with van der Waals surface area (Å²) in [6.07, 6.45) is 6.50. The summed E-state index contributed by atoms with van der Waals surface area (Å²) in [5, 5.41) is 7.62. The van der Waals surface area contributed by atoms with Crippen molar-refractivity contribution in [2.45, 2.75) is 64.7 Å². The Morgan fingerprint density at radius 3 is 2.67 bits per heavy atom. The third-order valence-electron chi connectivity index (χ3n) is 6.81. The number of hydrogen-bond acceptors (Lipinski definition) is 3. The maximum absolute atomic E-state index is 3.92. The molecule has 3 heteroatoms. The second-order valence-electron chi connectivity index (χ2n) is 8.76. The van der Waals surface area contributed by atoms with Gasteiger partial charge >= 0.3 is 0 Å². The summed E-state index contributed by atoms with van der Waals surface area (Å²) >= 11 is 0. The summed E-state index contributed by atoms with van der Waals surface area (Å²) < 4.78 is 0. The van der Waals surface area contributed by atoms with Gasteiger partial charge in [0.2, 0.25) is 0 Å². The van der Waals surface area contributed by atoms with Crippen molar-refractivity contribution in [3.63, 3.8) is 0 Å². The van der Waals surface area contributed by atoms with Gasteiger partial charge in [-0.3, -0.25) is 10.2 Å². The molecule has 2 aliphatic carbocycles. The lowest BCUT2D eigenvalue weighted by Crippen LogP contribution is -2.54. The summed E-state index contributed by atoms with van der Waals surface area (Å²) in [6, 6.07) is 1.58. The van der Waals surface area contributed by atoms with E-state index in [-0.39, 0.29) is 0 Å². The highest BCUT2D eigenvalue weighted by Gasteiger charge is 2.50.